The fraction of sp³-hybridized carbons (Fsp3) is 0.238. The van der Waals surface area contributed by atoms with E-state index in [1.165, 1.54) is 22.4 Å². The van der Waals surface area contributed by atoms with Crippen molar-refractivity contribution >= 4 is 27.9 Å². The number of anilines is 1. The summed E-state index contributed by atoms with van der Waals surface area (Å²) in [4.78, 5) is 18.5. The van der Waals surface area contributed by atoms with E-state index in [1.54, 1.807) is 29.1 Å². The van der Waals surface area contributed by atoms with E-state index in [1.807, 2.05) is 6.07 Å². The Hall–Kier alpha value is -3.44. The van der Waals surface area contributed by atoms with Crippen molar-refractivity contribution in [3.05, 3.63) is 58.4 Å². The van der Waals surface area contributed by atoms with E-state index in [9.17, 15) is 10.1 Å². The van der Waals surface area contributed by atoms with Crippen LogP contribution in [0.2, 0.25) is 0 Å². The van der Waals surface area contributed by atoms with Gasteiger partial charge in [0.1, 0.15) is 22.3 Å². The third-order valence-electron chi connectivity index (χ3n) is 5.27. The molecule has 1 N–H and O–H groups in total. The van der Waals surface area contributed by atoms with Crippen molar-refractivity contribution in [1.82, 2.24) is 14.6 Å². The molecule has 144 valence electrons. The monoisotopic (exact) mass is 403 g/mol. The Labute approximate surface area is 170 Å². The van der Waals surface area contributed by atoms with E-state index in [-0.39, 0.29) is 5.91 Å². The summed E-state index contributed by atoms with van der Waals surface area (Å²) in [5, 5.41) is 17.5. The normalized spacial score (nSPS) is 15.8. The fourth-order valence-corrected chi connectivity index (χ4v) is 5.15. The Morgan fingerprint density at radius 1 is 1.45 bits per heavy atom. The fourth-order valence-electron chi connectivity index (χ4n) is 3.79. The first-order valence-electron chi connectivity index (χ1n) is 9.38. The van der Waals surface area contributed by atoms with Gasteiger partial charge in [0.25, 0.3) is 5.91 Å². The second kappa shape index (κ2) is 6.87. The van der Waals surface area contributed by atoms with E-state index in [4.69, 9.17) is 4.42 Å². The van der Waals surface area contributed by atoms with Gasteiger partial charge in [0.05, 0.1) is 18.0 Å². The molecule has 0 saturated carbocycles. The summed E-state index contributed by atoms with van der Waals surface area (Å²) < 4.78 is 7.04. The zero-order valence-electron chi connectivity index (χ0n) is 15.7. The molecular formula is C21H17N5O2S. The molecule has 1 atom stereocenters. The van der Waals surface area contributed by atoms with Gasteiger partial charge >= 0.3 is 0 Å². The number of nitrogens with one attached hydrogen (secondary N) is 1. The smallest absolute Gasteiger partial charge is 0.261 e. The maximum atomic E-state index is 13.0. The van der Waals surface area contributed by atoms with Crippen LogP contribution in [0.5, 0.6) is 0 Å². The maximum absolute atomic E-state index is 13.0. The van der Waals surface area contributed by atoms with Crippen LogP contribution < -0.4 is 5.32 Å². The number of nitrogens with zero attached hydrogens (tertiary/aromatic N) is 4. The molecule has 0 fully saturated rings. The molecule has 1 aliphatic rings. The van der Waals surface area contributed by atoms with Crippen molar-refractivity contribution < 1.29 is 9.21 Å². The Kier molecular flexibility index (Phi) is 4.18. The number of fused-ring (bicyclic) bond motifs is 2. The lowest BCUT2D eigenvalue weighted by atomic mass is 9.88. The summed E-state index contributed by atoms with van der Waals surface area (Å²) in [5.41, 5.74) is 3.17. The van der Waals surface area contributed by atoms with Crippen LogP contribution in [0, 0.1) is 17.2 Å². The number of rotatable bonds is 3. The van der Waals surface area contributed by atoms with Crippen molar-refractivity contribution in [1.29, 1.82) is 5.26 Å². The van der Waals surface area contributed by atoms with Gasteiger partial charge in [-0.3, -0.25) is 4.79 Å². The summed E-state index contributed by atoms with van der Waals surface area (Å²) in [5.74, 6) is 0.909. The highest BCUT2D eigenvalue weighted by Gasteiger charge is 2.26. The first-order chi connectivity index (χ1) is 14.2. The molecule has 8 heteroatoms. The molecule has 0 saturated heterocycles. The van der Waals surface area contributed by atoms with Crippen LogP contribution in [-0.4, -0.2) is 20.5 Å². The van der Waals surface area contributed by atoms with Gasteiger partial charge in [-0.15, -0.1) is 11.3 Å². The van der Waals surface area contributed by atoms with Gasteiger partial charge in [0.2, 0.25) is 0 Å². The minimum Gasteiger partial charge on any atom is -0.463 e. The molecule has 0 radical (unpaired) electrons. The molecule has 1 aliphatic carbocycles. The zero-order chi connectivity index (χ0) is 20.0. The number of furan rings is 1. The highest BCUT2D eigenvalue weighted by Crippen LogP contribution is 2.39. The summed E-state index contributed by atoms with van der Waals surface area (Å²) in [7, 11) is 0. The quantitative estimate of drug-likeness (QED) is 0.550. The Balaban J connectivity index is 1.51. The van der Waals surface area contributed by atoms with Crippen LogP contribution in [0.1, 0.15) is 39.7 Å². The molecule has 4 aromatic rings. The standard InChI is InChI=1S/C21H17N5O2S/c1-12-4-5-13-14(10-22)21(29-18(13)9-12)25-20(27)15-11-24-26-16(6-7-23-19(15)26)17-3-2-8-28-17/h2-3,6-8,11-12H,4-5,9H2,1H3,(H,25,27)/t12-/m1/s1. The van der Waals surface area contributed by atoms with Crippen LogP contribution in [0.3, 0.4) is 0 Å². The van der Waals surface area contributed by atoms with Crippen molar-refractivity contribution in [2.75, 3.05) is 5.32 Å². The average molecular weight is 403 g/mol. The molecule has 4 heterocycles. The van der Waals surface area contributed by atoms with E-state index >= 15 is 0 Å². The summed E-state index contributed by atoms with van der Waals surface area (Å²) >= 11 is 1.51. The predicted octanol–water partition coefficient (Wildman–Crippen LogP) is 4.30. The van der Waals surface area contributed by atoms with E-state index in [2.05, 4.69) is 28.4 Å². The maximum Gasteiger partial charge on any atom is 0.261 e. The largest absolute Gasteiger partial charge is 0.463 e. The first-order valence-corrected chi connectivity index (χ1v) is 10.2. The predicted molar refractivity (Wildman–Crippen MR) is 109 cm³/mol. The summed E-state index contributed by atoms with van der Waals surface area (Å²) in [6.45, 7) is 2.22. The molecule has 29 heavy (non-hydrogen) atoms. The van der Waals surface area contributed by atoms with Crippen LogP contribution in [0.4, 0.5) is 5.00 Å². The van der Waals surface area contributed by atoms with Gasteiger partial charge in [-0.05, 0) is 48.9 Å². The third kappa shape index (κ3) is 2.91. The van der Waals surface area contributed by atoms with Gasteiger partial charge in [0, 0.05) is 11.1 Å². The van der Waals surface area contributed by atoms with E-state index in [0.29, 0.717) is 39.1 Å². The highest BCUT2D eigenvalue weighted by atomic mass is 32.1. The second-order valence-corrected chi connectivity index (χ2v) is 8.33. The average Bonchev–Trinajstić information content (AvgIpc) is 3.45. The van der Waals surface area contributed by atoms with E-state index in [0.717, 1.165) is 24.8 Å². The van der Waals surface area contributed by atoms with Crippen molar-refractivity contribution in [3.63, 3.8) is 0 Å². The van der Waals surface area contributed by atoms with Crippen LogP contribution in [0.15, 0.2) is 41.3 Å². The van der Waals surface area contributed by atoms with Crippen molar-refractivity contribution in [2.45, 2.75) is 26.2 Å². The summed E-state index contributed by atoms with van der Waals surface area (Å²) in [6.07, 6.45) is 7.61. The number of carbonyl (C=O) groups excluding carboxylic acids is 1. The highest BCUT2D eigenvalue weighted by molar-refractivity contribution is 7.16. The van der Waals surface area contributed by atoms with Gasteiger partial charge in [-0.1, -0.05) is 6.92 Å². The van der Waals surface area contributed by atoms with Crippen molar-refractivity contribution in [3.8, 4) is 17.5 Å². The van der Waals surface area contributed by atoms with Gasteiger partial charge in [-0.25, -0.2) is 9.50 Å². The number of nitriles is 1. The minimum atomic E-state index is -0.327. The van der Waals surface area contributed by atoms with Gasteiger partial charge in [-0.2, -0.15) is 10.4 Å². The topological polar surface area (TPSA) is 96.2 Å². The number of carbonyl (C=O) groups is 1. The number of aromatic nitrogens is 3. The number of amides is 1. The number of thiophene rings is 1. The third-order valence-corrected chi connectivity index (χ3v) is 6.44. The lowest BCUT2D eigenvalue weighted by Gasteiger charge is -2.17. The molecule has 5 rings (SSSR count). The molecule has 0 aromatic carbocycles. The molecule has 0 bridgehead atoms. The Morgan fingerprint density at radius 2 is 2.34 bits per heavy atom. The second-order valence-electron chi connectivity index (χ2n) is 7.22. The molecular weight excluding hydrogens is 386 g/mol. The molecule has 0 spiro atoms. The number of hydrogen-bond acceptors (Lipinski definition) is 6. The number of hydrogen-bond donors (Lipinski definition) is 1. The molecule has 7 nitrogen and oxygen atoms in total. The molecule has 0 aliphatic heterocycles. The van der Waals surface area contributed by atoms with Crippen molar-refractivity contribution in [2.24, 2.45) is 5.92 Å². The zero-order valence-corrected chi connectivity index (χ0v) is 16.5. The van der Waals surface area contributed by atoms with E-state index < -0.39 is 0 Å². The summed E-state index contributed by atoms with van der Waals surface area (Å²) in [6, 6.07) is 7.68. The van der Waals surface area contributed by atoms with Crippen LogP contribution in [0.25, 0.3) is 17.1 Å². The molecule has 0 unspecified atom stereocenters. The Bertz CT molecular complexity index is 1260. The van der Waals surface area contributed by atoms with Crippen LogP contribution >= 0.6 is 11.3 Å². The molecule has 4 aromatic heterocycles. The first kappa shape index (κ1) is 17.6. The lowest BCUT2D eigenvalue weighted by molar-refractivity contribution is 0.102. The lowest BCUT2D eigenvalue weighted by Crippen LogP contribution is -2.12. The SMILES string of the molecule is C[C@@H]1CCc2c(sc(NC(=O)c3cnn4c(-c5ccco5)ccnc34)c2C#N)C1. The minimum absolute atomic E-state index is 0.327. The Morgan fingerprint density at radius 3 is 3.14 bits per heavy atom. The van der Waals surface area contributed by atoms with Gasteiger partial charge < -0.3 is 9.73 Å². The van der Waals surface area contributed by atoms with Gasteiger partial charge in [0.15, 0.2) is 11.4 Å². The van der Waals surface area contributed by atoms with Crippen LogP contribution in [-0.2, 0) is 12.8 Å². The molecule has 1 amide bonds.